The summed E-state index contributed by atoms with van der Waals surface area (Å²) in [4.78, 5) is 0. The topological polar surface area (TPSA) is 12.0 Å². The molecule has 19 heavy (non-hydrogen) atoms. The summed E-state index contributed by atoms with van der Waals surface area (Å²) in [7, 11) is 0. The van der Waals surface area contributed by atoms with Gasteiger partial charge in [-0.1, -0.05) is 24.4 Å². The van der Waals surface area contributed by atoms with Crippen molar-refractivity contribution in [2.45, 2.75) is 51.5 Å². The zero-order valence-corrected chi connectivity index (χ0v) is 13.7. The average Bonchev–Trinajstić information content (AvgIpc) is 3.20. The average molecular weight is 343 g/mol. The van der Waals surface area contributed by atoms with Gasteiger partial charge >= 0.3 is 0 Å². The third-order valence-corrected chi connectivity index (χ3v) is 5.67. The van der Waals surface area contributed by atoms with Crippen LogP contribution >= 0.6 is 27.5 Å². The molecule has 0 radical (unpaired) electrons. The smallest absolute Gasteiger partial charge is 0.0501 e. The lowest BCUT2D eigenvalue weighted by Crippen LogP contribution is -2.28. The van der Waals surface area contributed by atoms with Crippen LogP contribution in [-0.2, 0) is 0 Å². The maximum atomic E-state index is 6.23. The van der Waals surface area contributed by atoms with Crippen LogP contribution in [0.15, 0.2) is 16.6 Å². The number of rotatable bonds is 3. The lowest BCUT2D eigenvalue weighted by molar-refractivity contribution is 0.303. The largest absolute Gasteiger partial charge is 0.381 e. The van der Waals surface area contributed by atoms with Crippen molar-refractivity contribution in [3.8, 4) is 0 Å². The molecule has 2 atom stereocenters. The van der Waals surface area contributed by atoms with Crippen molar-refractivity contribution in [3.05, 3.63) is 27.2 Å². The van der Waals surface area contributed by atoms with Gasteiger partial charge in [0.1, 0.15) is 0 Å². The molecule has 1 aromatic rings. The van der Waals surface area contributed by atoms with E-state index in [1.807, 2.05) is 6.92 Å². The maximum absolute atomic E-state index is 6.23. The Labute approximate surface area is 129 Å². The number of halogens is 2. The van der Waals surface area contributed by atoms with Gasteiger partial charge in [0, 0.05) is 15.5 Å². The molecular weight excluding hydrogens is 322 g/mol. The molecule has 1 nitrogen and oxygen atoms in total. The molecule has 2 aliphatic carbocycles. The second-order valence-electron chi connectivity index (χ2n) is 6.19. The van der Waals surface area contributed by atoms with Gasteiger partial charge in [-0.3, -0.25) is 0 Å². The SMILES string of the molecule is Cc1cc(Br)c(NC2CCCC(C3CC3)C2)cc1Cl. The Morgan fingerprint density at radius 3 is 2.68 bits per heavy atom. The summed E-state index contributed by atoms with van der Waals surface area (Å²) < 4.78 is 1.13. The first-order valence-corrected chi connectivity index (χ1v) is 8.53. The monoisotopic (exact) mass is 341 g/mol. The van der Waals surface area contributed by atoms with Crippen LogP contribution in [0.4, 0.5) is 5.69 Å². The Morgan fingerprint density at radius 1 is 1.16 bits per heavy atom. The van der Waals surface area contributed by atoms with Gasteiger partial charge in [0.15, 0.2) is 0 Å². The summed E-state index contributed by atoms with van der Waals surface area (Å²) in [5, 5.41) is 4.55. The summed E-state index contributed by atoms with van der Waals surface area (Å²) in [5.41, 5.74) is 2.27. The van der Waals surface area contributed by atoms with Crippen molar-refractivity contribution < 1.29 is 0 Å². The summed E-state index contributed by atoms with van der Waals surface area (Å²) in [6, 6.07) is 4.78. The standard InChI is InChI=1S/C16H21BrClN/c1-10-7-14(17)16(9-15(10)18)19-13-4-2-3-12(8-13)11-5-6-11/h7,9,11-13,19H,2-6,8H2,1H3. The highest BCUT2D eigenvalue weighted by Gasteiger charge is 2.34. The Bertz CT molecular complexity index is 470. The molecule has 2 saturated carbocycles. The molecule has 0 spiro atoms. The molecule has 1 aromatic carbocycles. The van der Waals surface area contributed by atoms with E-state index in [0.717, 1.165) is 32.6 Å². The van der Waals surface area contributed by atoms with Gasteiger partial charge in [0.2, 0.25) is 0 Å². The summed E-state index contributed by atoms with van der Waals surface area (Å²) in [5.74, 6) is 2.00. The number of hydrogen-bond acceptors (Lipinski definition) is 1. The van der Waals surface area contributed by atoms with Crippen LogP contribution in [0.3, 0.4) is 0 Å². The fraction of sp³-hybridized carbons (Fsp3) is 0.625. The lowest BCUT2D eigenvalue weighted by Gasteiger charge is -2.31. The van der Waals surface area contributed by atoms with Crippen LogP contribution < -0.4 is 5.32 Å². The first-order chi connectivity index (χ1) is 9.13. The highest BCUT2D eigenvalue weighted by Crippen LogP contribution is 2.44. The Kier molecular flexibility index (Phi) is 4.09. The quantitative estimate of drug-likeness (QED) is 0.733. The number of aryl methyl sites for hydroxylation is 1. The fourth-order valence-corrected chi connectivity index (χ4v) is 4.07. The van der Waals surface area contributed by atoms with Crippen LogP contribution in [0.1, 0.15) is 44.1 Å². The third kappa shape index (κ3) is 3.28. The predicted octanol–water partition coefficient (Wildman–Crippen LogP) is 5.79. The van der Waals surface area contributed by atoms with E-state index in [-0.39, 0.29) is 0 Å². The molecule has 1 N–H and O–H groups in total. The van der Waals surface area contributed by atoms with Gasteiger partial charge < -0.3 is 5.32 Å². The van der Waals surface area contributed by atoms with Gasteiger partial charge in [0.25, 0.3) is 0 Å². The maximum Gasteiger partial charge on any atom is 0.0501 e. The van der Waals surface area contributed by atoms with E-state index >= 15 is 0 Å². The van der Waals surface area contributed by atoms with Crippen LogP contribution in [0.25, 0.3) is 0 Å². The van der Waals surface area contributed by atoms with Gasteiger partial charge in [-0.2, -0.15) is 0 Å². The number of anilines is 1. The molecule has 0 heterocycles. The second kappa shape index (κ2) is 5.65. The van der Waals surface area contributed by atoms with Gasteiger partial charge in [-0.15, -0.1) is 0 Å². The minimum atomic E-state index is 0.620. The molecule has 0 aliphatic heterocycles. The number of hydrogen-bond donors (Lipinski definition) is 1. The number of benzene rings is 1. The molecule has 2 aliphatic rings. The second-order valence-corrected chi connectivity index (χ2v) is 7.45. The number of nitrogens with one attached hydrogen (secondary N) is 1. The van der Waals surface area contributed by atoms with Crippen molar-refractivity contribution in [2.24, 2.45) is 11.8 Å². The molecule has 3 rings (SSSR count). The van der Waals surface area contributed by atoms with Crippen LogP contribution in [0, 0.1) is 18.8 Å². The zero-order valence-electron chi connectivity index (χ0n) is 11.4. The first kappa shape index (κ1) is 13.8. The summed E-state index contributed by atoms with van der Waals surface area (Å²) in [6.07, 6.45) is 8.38. The minimum Gasteiger partial charge on any atom is -0.381 e. The Morgan fingerprint density at radius 2 is 1.95 bits per heavy atom. The van der Waals surface area contributed by atoms with Crippen molar-refractivity contribution >= 4 is 33.2 Å². The normalized spacial score (nSPS) is 27.3. The summed E-state index contributed by atoms with van der Waals surface area (Å²) >= 11 is 9.88. The van der Waals surface area contributed by atoms with E-state index in [1.165, 1.54) is 38.5 Å². The molecule has 0 amide bonds. The van der Waals surface area contributed by atoms with Crippen LogP contribution in [0.5, 0.6) is 0 Å². The zero-order chi connectivity index (χ0) is 13.4. The molecule has 0 aromatic heterocycles. The van der Waals surface area contributed by atoms with Crippen molar-refractivity contribution in [2.75, 3.05) is 5.32 Å². The lowest BCUT2D eigenvalue weighted by atomic mass is 9.82. The van der Waals surface area contributed by atoms with Crippen molar-refractivity contribution in [1.29, 1.82) is 0 Å². The highest BCUT2D eigenvalue weighted by molar-refractivity contribution is 9.10. The molecule has 3 heteroatoms. The highest BCUT2D eigenvalue weighted by atomic mass is 79.9. The Hall–Kier alpha value is -0.210. The van der Waals surface area contributed by atoms with Crippen molar-refractivity contribution in [1.82, 2.24) is 0 Å². The van der Waals surface area contributed by atoms with E-state index in [1.54, 1.807) is 0 Å². The van der Waals surface area contributed by atoms with Crippen LogP contribution in [0.2, 0.25) is 5.02 Å². The van der Waals surface area contributed by atoms with E-state index < -0.39 is 0 Å². The first-order valence-electron chi connectivity index (χ1n) is 7.35. The van der Waals surface area contributed by atoms with Crippen LogP contribution in [-0.4, -0.2) is 6.04 Å². The van der Waals surface area contributed by atoms with Gasteiger partial charge in [-0.05, 0) is 78.1 Å². The molecule has 2 fully saturated rings. The molecule has 2 unspecified atom stereocenters. The van der Waals surface area contributed by atoms with E-state index in [2.05, 4.69) is 33.4 Å². The van der Waals surface area contributed by atoms with Crippen molar-refractivity contribution in [3.63, 3.8) is 0 Å². The molecular formula is C16H21BrClN. The Balaban J connectivity index is 1.68. The summed E-state index contributed by atoms with van der Waals surface area (Å²) in [6.45, 7) is 2.04. The molecule has 0 saturated heterocycles. The van der Waals surface area contributed by atoms with E-state index in [4.69, 9.17) is 11.6 Å². The minimum absolute atomic E-state index is 0.620. The van der Waals surface area contributed by atoms with E-state index in [0.29, 0.717) is 6.04 Å². The fourth-order valence-electron chi connectivity index (χ4n) is 3.33. The van der Waals surface area contributed by atoms with E-state index in [9.17, 15) is 0 Å². The molecule has 0 bridgehead atoms. The predicted molar refractivity (Wildman–Crippen MR) is 86.0 cm³/mol. The molecule has 104 valence electrons. The van der Waals surface area contributed by atoms with Gasteiger partial charge in [-0.25, -0.2) is 0 Å². The third-order valence-electron chi connectivity index (χ3n) is 4.61. The van der Waals surface area contributed by atoms with Gasteiger partial charge in [0.05, 0.1) is 5.69 Å².